The van der Waals surface area contributed by atoms with Gasteiger partial charge in [-0.3, -0.25) is 9.59 Å². The number of nitrogens with one attached hydrogen (secondary N) is 1. The van der Waals surface area contributed by atoms with Crippen molar-refractivity contribution in [1.82, 2.24) is 10.2 Å². The number of hydrogen-bond donors (Lipinski definition) is 2. The number of carboxylic acids is 1. The Balaban J connectivity index is 4.36. The summed E-state index contributed by atoms with van der Waals surface area (Å²) in [6, 6.07) is 0. The fourth-order valence-corrected chi connectivity index (χ4v) is 1.25. The minimum absolute atomic E-state index is 0.0294. The lowest BCUT2D eigenvalue weighted by Gasteiger charge is -2.22. The van der Waals surface area contributed by atoms with Crippen molar-refractivity contribution in [2.75, 3.05) is 26.2 Å². The molecular formula is C11H18N2O3. The summed E-state index contributed by atoms with van der Waals surface area (Å²) in [4.78, 5) is 23.5. The molecule has 0 aromatic rings. The van der Waals surface area contributed by atoms with E-state index in [9.17, 15) is 9.59 Å². The number of nitrogens with zero attached hydrogens (tertiary/aromatic N) is 1. The van der Waals surface area contributed by atoms with Crippen molar-refractivity contribution in [3.8, 4) is 12.3 Å². The number of terminal acetylenes is 1. The zero-order valence-corrected chi connectivity index (χ0v) is 9.69. The zero-order valence-electron chi connectivity index (χ0n) is 9.69. The average molecular weight is 226 g/mol. The molecule has 0 rings (SSSR count). The first-order chi connectivity index (χ1) is 7.52. The first-order valence-corrected chi connectivity index (χ1v) is 5.17. The number of rotatable bonds is 7. The summed E-state index contributed by atoms with van der Waals surface area (Å²) in [7, 11) is 0. The SMILES string of the molecule is C#CCN(CC(=O)O)C(=O)C(C)CNCC. The highest BCUT2D eigenvalue weighted by molar-refractivity contribution is 5.83. The number of carboxylic acid groups (broad SMARTS) is 1. The second-order valence-corrected chi connectivity index (χ2v) is 3.50. The molecule has 0 aliphatic heterocycles. The van der Waals surface area contributed by atoms with Gasteiger partial charge in [0.1, 0.15) is 6.54 Å². The highest BCUT2D eigenvalue weighted by atomic mass is 16.4. The van der Waals surface area contributed by atoms with Gasteiger partial charge in [0.2, 0.25) is 5.91 Å². The zero-order chi connectivity index (χ0) is 12.6. The van der Waals surface area contributed by atoms with Crippen molar-refractivity contribution < 1.29 is 14.7 Å². The predicted octanol–water partition coefficient (Wildman–Crippen LogP) is -0.222. The lowest BCUT2D eigenvalue weighted by molar-refractivity contribution is -0.145. The van der Waals surface area contributed by atoms with E-state index in [4.69, 9.17) is 11.5 Å². The van der Waals surface area contributed by atoms with Crippen LogP contribution in [-0.2, 0) is 9.59 Å². The topological polar surface area (TPSA) is 69.6 Å². The normalized spacial score (nSPS) is 11.6. The fraction of sp³-hybridized carbons (Fsp3) is 0.636. The molecule has 1 atom stereocenters. The summed E-state index contributed by atoms with van der Waals surface area (Å²) in [6.07, 6.45) is 5.09. The third kappa shape index (κ3) is 5.37. The third-order valence-electron chi connectivity index (χ3n) is 2.04. The molecule has 0 saturated heterocycles. The summed E-state index contributed by atoms with van der Waals surface area (Å²) in [5.74, 6) is 0.725. The molecule has 0 radical (unpaired) electrons. The maximum atomic E-state index is 11.8. The molecule has 0 aromatic carbocycles. The highest BCUT2D eigenvalue weighted by Gasteiger charge is 2.21. The van der Waals surface area contributed by atoms with E-state index in [2.05, 4.69) is 11.2 Å². The molecular weight excluding hydrogens is 208 g/mol. The molecule has 0 aliphatic carbocycles. The summed E-state index contributed by atoms with van der Waals surface area (Å²) in [6.45, 7) is 4.66. The van der Waals surface area contributed by atoms with Crippen LogP contribution in [0.1, 0.15) is 13.8 Å². The number of carbonyl (C=O) groups is 2. The lowest BCUT2D eigenvalue weighted by atomic mass is 10.1. The molecule has 0 spiro atoms. The van der Waals surface area contributed by atoms with Gasteiger partial charge in [-0.25, -0.2) is 0 Å². The molecule has 1 unspecified atom stereocenters. The summed E-state index contributed by atoms with van der Waals surface area (Å²) < 4.78 is 0. The second-order valence-electron chi connectivity index (χ2n) is 3.50. The number of aliphatic carboxylic acids is 1. The molecule has 5 nitrogen and oxygen atoms in total. The van der Waals surface area contributed by atoms with Gasteiger partial charge in [-0.05, 0) is 6.54 Å². The van der Waals surface area contributed by atoms with E-state index in [1.54, 1.807) is 6.92 Å². The van der Waals surface area contributed by atoms with E-state index in [1.165, 1.54) is 4.90 Å². The maximum Gasteiger partial charge on any atom is 0.323 e. The van der Waals surface area contributed by atoms with Crippen LogP contribution in [0.15, 0.2) is 0 Å². The van der Waals surface area contributed by atoms with Crippen LogP contribution in [-0.4, -0.2) is 48.1 Å². The smallest absolute Gasteiger partial charge is 0.323 e. The van der Waals surface area contributed by atoms with Crippen LogP contribution < -0.4 is 5.32 Å². The van der Waals surface area contributed by atoms with Crippen LogP contribution in [0.4, 0.5) is 0 Å². The van der Waals surface area contributed by atoms with Crippen molar-refractivity contribution in [1.29, 1.82) is 0 Å². The number of hydrogen-bond acceptors (Lipinski definition) is 3. The highest BCUT2D eigenvalue weighted by Crippen LogP contribution is 2.01. The van der Waals surface area contributed by atoms with Gasteiger partial charge in [-0.1, -0.05) is 19.8 Å². The minimum Gasteiger partial charge on any atom is -0.480 e. The van der Waals surface area contributed by atoms with Crippen molar-refractivity contribution >= 4 is 11.9 Å². The van der Waals surface area contributed by atoms with Gasteiger partial charge in [-0.2, -0.15) is 0 Å². The summed E-state index contributed by atoms with van der Waals surface area (Å²) in [5, 5.41) is 11.7. The molecule has 16 heavy (non-hydrogen) atoms. The van der Waals surface area contributed by atoms with Crippen LogP contribution >= 0.6 is 0 Å². The van der Waals surface area contributed by atoms with Crippen LogP contribution in [0.25, 0.3) is 0 Å². The van der Waals surface area contributed by atoms with Gasteiger partial charge >= 0.3 is 5.97 Å². The molecule has 0 heterocycles. The average Bonchev–Trinajstić information content (AvgIpc) is 2.23. The molecule has 0 saturated carbocycles. The number of carbonyl (C=O) groups excluding carboxylic acids is 1. The van der Waals surface area contributed by atoms with Gasteiger partial charge in [0.15, 0.2) is 0 Å². The second kappa shape index (κ2) is 7.71. The van der Waals surface area contributed by atoms with Gasteiger partial charge in [0.05, 0.1) is 6.54 Å². The molecule has 0 aliphatic rings. The van der Waals surface area contributed by atoms with E-state index in [1.807, 2.05) is 6.92 Å². The Morgan fingerprint density at radius 3 is 2.62 bits per heavy atom. The largest absolute Gasteiger partial charge is 0.480 e. The van der Waals surface area contributed by atoms with E-state index >= 15 is 0 Å². The third-order valence-corrected chi connectivity index (χ3v) is 2.04. The fourth-order valence-electron chi connectivity index (χ4n) is 1.25. The lowest BCUT2D eigenvalue weighted by Crippen LogP contribution is -2.42. The van der Waals surface area contributed by atoms with Crippen LogP contribution in [0.2, 0.25) is 0 Å². The first-order valence-electron chi connectivity index (χ1n) is 5.17. The number of amides is 1. The van der Waals surface area contributed by atoms with E-state index in [0.29, 0.717) is 6.54 Å². The Labute approximate surface area is 95.8 Å². The van der Waals surface area contributed by atoms with Crippen LogP contribution in [0, 0.1) is 18.3 Å². The Morgan fingerprint density at radius 2 is 2.19 bits per heavy atom. The standard InChI is InChI=1S/C11H18N2O3/c1-4-6-13(8-10(14)15)11(16)9(3)7-12-5-2/h1,9,12H,5-8H2,2-3H3,(H,14,15). The Hall–Kier alpha value is -1.54. The molecule has 1 amide bonds. The Bertz CT molecular complexity index is 283. The maximum absolute atomic E-state index is 11.8. The van der Waals surface area contributed by atoms with Crippen molar-refractivity contribution in [3.05, 3.63) is 0 Å². The monoisotopic (exact) mass is 226 g/mol. The summed E-state index contributed by atoms with van der Waals surface area (Å²) in [5.41, 5.74) is 0. The molecule has 0 aromatic heterocycles. The van der Waals surface area contributed by atoms with E-state index < -0.39 is 5.97 Å². The van der Waals surface area contributed by atoms with Crippen LogP contribution in [0.3, 0.4) is 0 Å². The van der Waals surface area contributed by atoms with Gasteiger partial charge in [0, 0.05) is 12.5 Å². The molecule has 5 heteroatoms. The van der Waals surface area contributed by atoms with Gasteiger partial charge < -0.3 is 15.3 Å². The Morgan fingerprint density at radius 1 is 1.56 bits per heavy atom. The Kier molecular flexibility index (Phi) is 6.97. The molecule has 90 valence electrons. The van der Waals surface area contributed by atoms with Crippen molar-refractivity contribution in [2.45, 2.75) is 13.8 Å². The molecule has 0 fully saturated rings. The summed E-state index contributed by atoms with van der Waals surface area (Å²) >= 11 is 0. The molecule has 0 bridgehead atoms. The van der Waals surface area contributed by atoms with Crippen molar-refractivity contribution in [2.24, 2.45) is 5.92 Å². The van der Waals surface area contributed by atoms with Crippen molar-refractivity contribution in [3.63, 3.8) is 0 Å². The first kappa shape index (κ1) is 14.5. The van der Waals surface area contributed by atoms with Gasteiger partial charge in [0.25, 0.3) is 0 Å². The predicted molar refractivity (Wildman–Crippen MR) is 60.8 cm³/mol. The van der Waals surface area contributed by atoms with E-state index in [-0.39, 0.29) is 24.9 Å². The quantitative estimate of drug-likeness (QED) is 0.589. The minimum atomic E-state index is -1.06. The van der Waals surface area contributed by atoms with E-state index in [0.717, 1.165) is 6.54 Å². The van der Waals surface area contributed by atoms with Crippen LogP contribution in [0.5, 0.6) is 0 Å². The molecule has 2 N–H and O–H groups in total. The van der Waals surface area contributed by atoms with Gasteiger partial charge in [-0.15, -0.1) is 6.42 Å².